The number of pyridine rings is 1. The molecule has 5 heteroatoms. The van der Waals surface area contributed by atoms with E-state index in [2.05, 4.69) is 15.2 Å². The lowest BCUT2D eigenvalue weighted by molar-refractivity contribution is 0.0952. The lowest BCUT2D eigenvalue weighted by Crippen LogP contribution is -2.27. The maximum Gasteiger partial charge on any atom is 0.251 e. The molecule has 0 bridgehead atoms. The minimum absolute atomic E-state index is 0.204. The highest BCUT2D eigenvalue weighted by atomic mass is 16.2. The number of carbonyl (C=O) groups is 1. The summed E-state index contributed by atoms with van der Waals surface area (Å²) in [7, 11) is 3.97. The second kappa shape index (κ2) is 6.07. The first-order valence-electron chi connectivity index (χ1n) is 5.21. The van der Waals surface area contributed by atoms with Gasteiger partial charge in [0, 0.05) is 24.4 Å². The van der Waals surface area contributed by atoms with Crippen LogP contribution in [0.1, 0.15) is 16.8 Å². The van der Waals surface area contributed by atoms with Gasteiger partial charge in [0.05, 0.1) is 0 Å². The van der Waals surface area contributed by atoms with E-state index in [1.807, 2.05) is 14.1 Å². The van der Waals surface area contributed by atoms with E-state index in [1.54, 1.807) is 6.07 Å². The molecule has 0 atom stereocenters. The molecule has 0 aliphatic carbocycles. The molecule has 0 saturated heterocycles. The lowest BCUT2D eigenvalue weighted by atomic mass is 10.2. The Balaban J connectivity index is 2.38. The molecule has 0 saturated carbocycles. The highest BCUT2D eigenvalue weighted by molar-refractivity contribution is 5.93. The van der Waals surface area contributed by atoms with Gasteiger partial charge in [-0.3, -0.25) is 9.59 Å². The van der Waals surface area contributed by atoms with Crippen LogP contribution in [0.4, 0.5) is 0 Å². The average molecular weight is 223 g/mol. The number of rotatable bonds is 5. The summed E-state index contributed by atoms with van der Waals surface area (Å²) >= 11 is 0. The quantitative estimate of drug-likeness (QED) is 0.694. The van der Waals surface area contributed by atoms with Gasteiger partial charge in [0.25, 0.3) is 5.91 Å². The van der Waals surface area contributed by atoms with Crippen LogP contribution in [-0.2, 0) is 0 Å². The van der Waals surface area contributed by atoms with Crippen molar-refractivity contribution in [3.8, 4) is 0 Å². The van der Waals surface area contributed by atoms with Crippen molar-refractivity contribution in [1.82, 2.24) is 15.2 Å². The molecule has 0 spiro atoms. The van der Waals surface area contributed by atoms with Crippen molar-refractivity contribution in [3.05, 3.63) is 34.2 Å². The first kappa shape index (κ1) is 12.4. The second-order valence-electron chi connectivity index (χ2n) is 3.85. The van der Waals surface area contributed by atoms with Gasteiger partial charge in [-0.15, -0.1) is 0 Å². The van der Waals surface area contributed by atoms with Gasteiger partial charge in [0.15, 0.2) is 0 Å². The molecular formula is C11H17N3O2. The molecule has 0 aliphatic rings. The summed E-state index contributed by atoms with van der Waals surface area (Å²) < 4.78 is 0. The largest absolute Gasteiger partial charge is 0.352 e. The molecule has 1 rings (SSSR count). The van der Waals surface area contributed by atoms with Crippen LogP contribution in [0.3, 0.4) is 0 Å². The zero-order valence-corrected chi connectivity index (χ0v) is 9.62. The third-order valence-electron chi connectivity index (χ3n) is 2.10. The summed E-state index contributed by atoms with van der Waals surface area (Å²) in [6.07, 6.45) is 2.36. The smallest absolute Gasteiger partial charge is 0.251 e. The third kappa shape index (κ3) is 4.27. The first-order valence-corrected chi connectivity index (χ1v) is 5.21. The Kier molecular flexibility index (Phi) is 4.72. The zero-order valence-electron chi connectivity index (χ0n) is 9.62. The van der Waals surface area contributed by atoms with E-state index in [1.165, 1.54) is 12.3 Å². The average Bonchev–Trinajstić information content (AvgIpc) is 2.24. The Hall–Kier alpha value is -1.62. The number of aromatic nitrogens is 1. The van der Waals surface area contributed by atoms with Crippen LogP contribution in [0.25, 0.3) is 0 Å². The molecule has 2 N–H and O–H groups in total. The van der Waals surface area contributed by atoms with Gasteiger partial charge >= 0.3 is 0 Å². The Morgan fingerprint density at radius 1 is 1.50 bits per heavy atom. The standard InChI is InChI=1S/C11H17N3O2/c1-14(2)7-3-5-13-11(16)9-4-6-12-10(15)8-9/h4,6,8H,3,5,7H2,1-2H3,(H,12,15)(H,13,16). The van der Waals surface area contributed by atoms with Gasteiger partial charge in [0.2, 0.25) is 5.56 Å². The van der Waals surface area contributed by atoms with E-state index < -0.39 is 0 Å². The fourth-order valence-corrected chi connectivity index (χ4v) is 1.29. The minimum Gasteiger partial charge on any atom is -0.352 e. The van der Waals surface area contributed by atoms with Gasteiger partial charge in [-0.2, -0.15) is 0 Å². The van der Waals surface area contributed by atoms with E-state index in [-0.39, 0.29) is 11.5 Å². The number of hydrogen-bond donors (Lipinski definition) is 2. The summed E-state index contributed by atoms with van der Waals surface area (Å²) in [6.45, 7) is 1.54. The molecule has 0 aromatic carbocycles. The SMILES string of the molecule is CN(C)CCCNC(=O)c1cc[nH]c(=O)c1. The number of hydrogen-bond acceptors (Lipinski definition) is 3. The Labute approximate surface area is 94.5 Å². The van der Waals surface area contributed by atoms with Crippen molar-refractivity contribution in [1.29, 1.82) is 0 Å². The van der Waals surface area contributed by atoms with Gasteiger partial charge < -0.3 is 15.2 Å². The lowest BCUT2D eigenvalue weighted by Gasteiger charge is -2.09. The molecule has 16 heavy (non-hydrogen) atoms. The monoisotopic (exact) mass is 223 g/mol. The van der Waals surface area contributed by atoms with Gasteiger partial charge in [0.1, 0.15) is 0 Å². The normalized spacial score (nSPS) is 10.4. The Bertz CT molecular complexity index is 398. The molecule has 1 aromatic rings. The van der Waals surface area contributed by atoms with Gasteiger partial charge in [-0.1, -0.05) is 0 Å². The second-order valence-corrected chi connectivity index (χ2v) is 3.85. The minimum atomic E-state index is -0.263. The molecule has 1 amide bonds. The van der Waals surface area contributed by atoms with Crippen molar-refractivity contribution >= 4 is 5.91 Å². The maximum atomic E-state index is 11.6. The molecule has 0 aliphatic heterocycles. The summed E-state index contributed by atoms with van der Waals surface area (Å²) in [4.78, 5) is 27.1. The summed E-state index contributed by atoms with van der Waals surface area (Å²) in [5.74, 6) is -0.204. The van der Waals surface area contributed by atoms with Crippen molar-refractivity contribution < 1.29 is 4.79 Å². The van der Waals surface area contributed by atoms with Crippen LogP contribution >= 0.6 is 0 Å². The Morgan fingerprint density at radius 2 is 2.25 bits per heavy atom. The van der Waals surface area contributed by atoms with Crippen LogP contribution in [0.5, 0.6) is 0 Å². The predicted octanol–water partition coefficient (Wildman–Crippen LogP) is 0.0564. The fourth-order valence-electron chi connectivity index (χ4n) is 1.29. The van der Waals surface area contributed by atoms with E-state index in [0.717, 1.165) is 13.0 Å². The maximum absolute atomic E-state index is 11.6. The zero-order chi connectivity index (χ0) is 12.0. The third-order valence-corrected chi connectivity index (χ3v) is 2.10. The number of nitrogens with zero attached hydrogens (tertiary/aromatic N) is 1. The molecule has 0 unspecified atom stereocenters. The van der Waals surface area contributed by atoms with Crippen LogP contribution in [-0.4, -0.2) is 43.0 Å². The van der Waals surface area contributed by atoms with Gasteiger partial charge in [-0.25, -0.2) is 0 Å². The molecule has 1 aromatic heterocycles. The van der Waals surface area contributed by atoms with Crippen LogP contribution in [0, 0.1) is 0 Å². The predicted molar refractivity (Wildman–Crippen MR) is 62.6 cm³/mol. The topological polar surface area (TPSA) is 65.2 Å². The van der Waals surface area contributed by atoms with Crippen molar-refractivity contribution in [3.63, 3.8) is 0 Å². The summed E-state index contributed by atoms with van der Waals surface area (Å²) in [5, 5.41) is 2.76. The Morgan fingerprint density at radius 3 is 2.88 bits per heavy atom. The molecule has 0 radical (unpaired) electrons. The van der Waals surface area contributed by atoms with E-state index in [9.17, 15) is 9.59 Å². The van der Waals surface area contributed by atoms with Crippen LogP contribution in [0.15, 0.2) is 23.1 Å². The van der Waals surface area contributed by atoms with E-state index in [4.69, 9.17) is 0 Å². The summed E-state index contributed by atoms with van der Waals surface area (Å²) in [5.41, 5.74) is 0.134. The highest BCUT2D eigenvalue weighted by Gasteiger charge is 2.04. The van der Waals surface area contributed by atoms with Gasteiger partial charge in [-0.05, 0) is 33.1 Å². The molecule has 5 nitrogen and oxygen atoms in total. The number of aromatic amines is 1. The fraction of sp³-hybridized carbons (Fsp3) is 0.455. The summed E-state index contributed by atoms with van der Waals surface area (Å²) in [6, 6.07) is 2.88. The first-order chi connectivity index (χ1) is 7.59. The number of amides is 1. The number of H-pyrrole nitrogens is 1. The molecule has 0 fully saturated rings. The highest BCUT2D eigenvalue weighted by Crippen LogP contribution is 1.92. The van der Waals surface area contributed by atoms with Crippen LogP contribution < -0.4 is 10.9 Å². The number of carbonyl (C=O) groups excluding carboxylic acids is 1. The van der Waals surface area contributed by atoms with Crippen molar-refractivity contribution in [2.75, 3.05) is 27.2 Å². The molecular weight excluding hydrogens is 206 g/mol. The molecule has 88 valence electrons. The van der Waals surface area contributed by atoms with E-state index >= 15 is 0 Å². The van der Waals surface area contributed by atoms with Crippen molar-refractivity contribution in [2.24, 2.45) is 0 Å². The number of nitrogens with one attached hydrogen (secondary N) is 2. The van der Waals surface area contributed by atoms with Crippen molar-refractivity contribution in [2.45, 2.75) is 6.42 Å². The molecule has 1 heterocycles. The van der Waals surface area contributed by atoms with Crippen LogP contribution in [0.2, 0.25) is 0 Å². The van der Waals surface area contributed by atoms with E-state index in [0.29, 0.717) is 12.1 Å².